The molecule has 2 saturated heterocycles. The molecule has 0 aliphatic carbocycles. The molecule has 3 rings (SSSR count). The molecule has 2 fully saturated rings. The molecule has 2 bridgehead atoms. The third-order valence-electron chi connectivity index (χ3n) is 4.81. The highest BCUT2D eigenvalue weighted by molar-refractivity contribution is 5.76. The molecule has 0 radical (unpaired) electrons. The molecule has 2 aliphatic heterocycles. The topological polar surface area (TPSA) is 55.8 Å². The Bertz CT molecular complexity index is 637. The lowest BCUT2D eigenvalue weighted by molar-refractivity contribution is -0.209. The van der Waals surface area contributed by atoms with Gasteiger partial charge in [0.25, 0.3) is 5.92 Å². The van der Waals surface area contributed by atoms with Crippen molar-refractivity contribution in [2.45, 2.75) is 44.4 Å². The second-order valence-electron chi connectivity index (χ2n) is 6.67. The van der Waals surface area contributed by atoms with Gasteiger partial charge in [0.2, 0.25) is 0 Å². The number of amides is 1. The molecule has 0 spiro atoms. The van der Waals surface area contributed by atoms with Crippen LogP contribution in [0.4, 0.5) is 13.6 Å². The van der Waals surface area contributed by atoms with Crippen molar-refractivity contribution in [3.8, 4) is 0 Å². The molecule has 5 nitrogen and oxygen atoms in total. The van der Waals surface area contributed by atoms with Crippen molar-refractivity contribution < 1.29 is 27.8 Å². The molecular weight excluding hydrogens is 332 g/mol. The summed E-state index contributed by atoms with van der Waals surface area (Å²) in [4.78, 5) is 24.9. The average Bonchev–Trinajstić information content (AvgIpc) is 2.58. The number of fused-ring (bicyclic) bond motifs is 2. The lowest BCUT2D eigenvalue weighted by Gasteiger charge is -2.51. The number of benzene rings is 1. The van der Waals surface area contributed by atoms with Gasteiger partial charge in [-0.2, -0.15) is 0 Å². The summed E-state index contributed by atoms with van der Waals surface area (Å²) in [6, 6.07) is 7.17. The third kappa shape index (κ3) is 3.66. The molecule has 7 heteroatoms. The van der Waals surface area contributed by atoms with E-state index in [1.807, 2.05) is 18.2 Å². The maximum absolute atomic E-state index is 14.8. The van der Waals surface area contributed by atoms with Crippen LogP contribution in [0, 0.1) is 5.92 Å². The molecule has 2 aliphatic rings. The number of hydrogen-bond donors (Lipinski definition) is 0. The maximum atomic E-state index is 14.8. The highest BCUT2D eigenvalue weighted by Gasteiger charge is 2.59. The molecule has 3 atom stereocenters. The standard InChI is InChI=1S/C18H21F2NO4/c1-12(22)7-14-8-15-10-24-11-16(18(14,19)20)21(15)17(23)25-9-13-5-3-2-4-6-13/h2-6,14-16H,7-11H2,1H3/t14-,15?,16?/m1/s1. The van der Waals surface area contributed by atoms with E-state index in [1.54, 1.807) is 12.1 Å². The van der Waals surface area contributed by atoms with E-state index in [9.17, 15) is 18.4 Å². The van der Waals surface area contributed by atoms with Gasteiger partial charge in [0, 0.05) is 12.3 Å². The summed E-state index contributed by atoms with van der Waals surface area (Å²) in [6.07, 6.45) is -0.917. The van der Waals surface area contributed by atoms with Gasteiger partial charge < -0.3 is 14.3 Å². The Morgan fingerprint density at radius 1 is 1.28 bits per heavy atom. The molecule has 2 unspecified atom stereocenters. The Morgan fingerprint density at radius 2 is 2.00 bits per heavy atom. The van der Waals surface area contributed by atoms with E-state index >= 15 is 0 Å². The van der Waals surface area contributed by atoms with Gasteiger partial charge in [-0.1, -0.05) is 30.3 Å². The third-order valence-corrected chi connectivity index (χ3v) is 4.81. The number of Topliss-reactive ketones (excluding diaryl/α,β-unsaturated/α-hetero) is 1. The molecular formula is C18H21F2NO4. The molecule has 0 N–H and O–H groups in total. The maximum Gasteiger partial charge on any atom is 0.410 e. The Balaban J connectivity index is 1.73. The van der Waals surface area contributed by atoms with Crippen LogP contribution in [0.15, 0.2) is 30.3 Å². The highest BCUT2D eigenvalue weighted by Crippen LogP contribution is 2.44. The van der Waals surface area contributed by atoms with E-state index in [0.717, 1.165) is 10.5 Å². The fourth-order valence-corrected chi connectivity index (χ4v) is 3.60. The summed E-state index contributed by atoms with van der Waals surface area (Å²) in [7, 11) is 0. The SMILES string of the molecule is CC(=O)C[C@@H]1CC2COCC(N2C(=O)OCc2ccccc2)C1(F)F. The van der Waals surface area contributed by atoms with E-state index in [0.29, 0.717) is 0 Å². The second kappa shape index (κ2) is 7.07. The number of nitrogens with zero attached hydrogens (tertiary/aromatic N) is 1. The van der Waals surface area contributed by atoms with Crippen molar-refractivity contribution in [1.82, 2.24) is 4.90 Å². The van der Waals surface area contributed by atoms with Crippen molar-refractivity contribution in [1.29, 1.82) is 0 Å². The van der Waals surface area contributed by atoms with Gasteiger partial charge in [-0.25, -0.2) is 13.6 Å². The quantitative estimate of drug-likeness (QED) is 0.835. The van der Waals surface area contributed by atoms with Crippen LogP contribution in [-0.2, 0) is 20.9 Å². The number of piperidine rings is 1. The van der Waals surface area contributed by atoms with Gasteiger partial charge in [0.1, 0.15) is 18.4 Å². The number of ketones is 1. The highest BCUT2D eigenvalue weighted by atomic mass is 19.3. The number of carbonyl (C=O) groups excluding carboxylic acids is 2. The summed E-state index contributed by atoms with van der Waals surface area (Å²) in [5, 5.41) is 0. The fourth-order valence-electron chi connectivity index (χ4n) is 3.60. The van der Waals surface area contributed by atoms with E-state index in [4.69, 9.17) is 9.47 Å². The van der Waals surface area contributed by atoms with Crippen LogP contribution >= 0.6 is 0 Å². The molecule has 0 saturated carbocycles. The number of morpholine rings is 1. The first-order valence-corrected chi connectivity index (χ1v) is 8.33. The zero-order valence-corrected chi connectivity index (χ0v) is 14.0. The van der Waals surface area contributed by atoms with Gasteiger partial charge in [0.05, 0.1) is 19.3 Å². The zero-order chi connectivity index (χ0) is 18.0. The van der Waals surface area contributed by atoms with Crippen molar-refractivity contribution in [2.24, 2.45) is 5.92 Å². The average molecular weight is 353 g/mol. The molecule has 1 amide bonds. The van der Waals surface area contributed by atoms with Crippen LogP contribution in [0.2, 0.25) is 0 Å². The number of halogens is 2. The van der Waals surface area contributed by atoms with Gasteiger partial charge in [0.15, 0.2) is 0 Å². The van der Waals surface area contributed by atoms with Crippen LogP contribution in [0.25, 0.3) is 0 Å². The monoisotopic (exact) mass is 353 g/mol. The molecule has 0 aromatic heterocycles. The number of ether oxygens (including phenoxy) is 2. The largest absolute Gasteiger partial charge is 0.445 e. The van der Waals surface area contributed by atoms with E-state index in [-0.39, 0.29) is 38.4 Å². The number of rotatable bonds is 4. The molecule has 25 heavy (non-hydrogen) atoms. The number of alkyl halides is 2. The minimum atomic E-state index is -3.19. The summed E-state index contributed by atoms with van der Waals surface area (Å²) in [6.45, 7) is 1.27. The summed E-state index contributed by atoms with van der Waals surface area (Å²) in [5.41, 5.74) is 0.787. The van der Waals surface area contributed by atoms with E-state index in [1.165, 1.54) is 6.92 Å². The van der Waals surface area contributed by atoms with Crippen molar-refractivity contribution in [3.63, 3.8) is 0 Å². The Labute approximate surface area is 144 Å². The van der Waals surface area contributed by atoms with Gasteiger partial charge >= 0.3 is 6.09 Å². The summed E-state index contributed by atoms with van der Waals surface area (Å²) < 4.78 is 40.1. The lowest BCUT2D eigenvalue weighted by Crippen LogP contribution is -2.68. The van der Waals surface area contributed by atoms with Crippen LogP contribution < -0.4 is 0 Å². The minimum absolute atomic E-state index is 0.0267. The van der Waals surface area contributed by atoms with Crippen LogP contribution in [0.1, 0.15) is 25.3 Å². The van der Waals surface area contributed by atoms with Crippen molar-refractivity contribution in [2.75, 3.05) is 13.2 Å². The molecule has 1 aromatic carbocycles. The second-order valence-corrected chi connectivity index (χ2v) is 6.67. The zero-order valence-electron chi connectivity index (χ0n) is 14.0. The van der Waals surface area contributed by atoms with Crippen LogP contribution in [0.3, 0.4) is 0 Å². The summed E-state index contributed by atoms with van der Waals surface area (Å²) >= 11 is 0. The fraction of sp³-hybridized carbons (Fsp3) is 0.556. The van der Waals surface area contributed by atoms with Crippen molar-refractivity contribution >= 4 is 11.9 Å². The Kier molecular flexibility index (Phi) is 5.03. The van der Waals surface area contributed by atoms with Crippen LogP contribution in [-0.4, -0.2) is 48.0 Å². The predicted octanol–water partition coefficient (Wildman–Crippen LogP) is 3.03. The smallest absolute Gasteiger partial charge is 0.410 e. The van der Waals surface area contributed by atoms with Gasteiger partial charge in [-0.15, -0.1) is 0 Å². The first-order valence-electron chi connectivity index (χ1n) is 8.33. The first-order chi connectivity index (χ1) is 11.9. The van der Waals surface area contributed by atoms with E-state index < -0.39 is 30.0 Å². The Morgan fingerprint density at radius 3 is 2.68 bits per heavy atom. The van der Waals surface area contributed by atoms with Crippen LogP contribution in [0.5, 0.6) is 0 Å². The van der Waals surface area contributed by atoms with E-state index in [2.05, 4.69) is 0 Å². The lowest BCUT2D eigenvalue weighted by atomic mass is 9.79. The normalized spacial score (nSPS) is 27.6. The van der Waals surface area contributed by atoms with Gasteiger partial charge in [-0.05, 0) is 18.9 Å². The van der Waals surface area contributed by atoms with Gasteiger partial charge in [-0.3, -0.25) is 4.90 Å². The van der Waals surface area contributed by atoms with Crippen molar-refractivity contribution in [3.05, 3.63) is 35.9 Å². The number of hydrogen-bond acceptors (Lipinski definition) is 4. The molecule has 136 valence electrons. The summed E-state index contributed by atoms with van der Waals surface area (Å²) in [5.74, 6) is -4.53. The minimum Gasteiger partial charge on any atom is -0.445 e. The molecule has 2 heterocycles. The predicted molar refractivity (Wildman–Crippen MR) is 85.2 cm³/mol. The first kappa shape index (κ1) is 17.8. The Hall–Kier alpha value is -2.02. The number of carbonyl (C=O) groups is 2. The molecule has 1 aromatic rings.